The Bertz CT molecular complexity index is 771. The topological polar surface area (TPSA) is 39.8 Å². The summed E-state index contributed by atoms with van der Waals surface area (Å²) in [6.07, 6.45) is 7.46. The fraction of sp³-hybridized carbons (Fsp3) is 0.200. The Labute approximate surface area is 121 Å². The van der Waals surface area contributed by atoms with Gasteiger partial charge in [0.15, 0.2) is 0 Å². The third-order valence-corrected chi connectivity index (χ3v) is 4.69. The van der Waals surface area contributed by atoms with Crippen LogP contribution < -0.4 is 5.56 Å². The maximum atomic E-state index is 11.4. The quantitative estimate of drug-likeness (QED) is 0.742. The maximum Gasteiger partial charge on any atom is 0.250 e. The van der Waals surface area contributed by atoms with E-state index < -0.39 is 0 Å². The Morgan fingerprint density at radius 3 is 2.80 bits per heavy atom. The van der Waals surface area contributed by atoms with Gasteiger partial charge in [0.05, 0.1) is 12.4 Å². The van der Waals surface area contributed by atoms with Gasteiger partial charge in [0.25, 0.3) is 0 Å². The minimum atomic E-state index is 0.0114. The van der Waals surface area contributed by atoms with Crippen LogP contribution in [0.2, 0.25) is 0 Å². The summed E-state index contributed by atoms with van der Waals surface area (Å²) in [5.41, 5.74) is 1.08. The largest absolute Gasteiger partial charge is 0.329 e. The summed E-state index contributed by atoms with van der Waals surface area (Å²) in [6, 6.07) is 7.99. The molecule has 0 aliphatic heterocycles. The van der Waals surface area contributed by atoms with Crippen LogP contribution in [0.1, 0.15) is 17.8 Å². The zero-order valence-electron chi connectivity index (χ0n) is 11.4. The monoisotopic (exact) mass is 285 g/mol. The molecule has 0 N–H and O–H groups in total. The normalized spacial score (nSPS) is 12.5. The highest BCUT2D eigenvalue weighted by Crippen LogP contribution is 2.32. The summed E-state index contributed by atoms with van der Waals surface area (Å²) < 4.78 is 3.68. The van der Waals surface area contributed by atoms with Gasteiger partial charge in [-0.15, -0.1) is 11.3 Å². The molecule has 0 radical (unpaired) electrons. The number of thiophene rings is 1. The zero-order valence-corrected chi connectivity index (χ0v) is 12.2. The number of pyridine rings is 1. The Morgan fingerprint density at radius 2 is 2.10 bits per heavy atom. The van der Waals surface area contributed by atoms with Gasteiger partial charge in [0, 0.05) is 47.0 Å². The van der Waals surface area contributed by atoms with Gasteiger partial charge in [-0.05, 0) is 25.1 Å². The van der Waals surface area contributed by atoms with Crippen LogP contribution in [-0.2, 0) is 7.05 Å². The summed E-state index contributed by atoms with van der Waals surface area (Å²) >= 11 is 1.74. The van der Waals surface area contributed by atoms with Crippen LogP contribution in [0.5, 0.6) is 0 Å². The van der Waals surface area contributed by atoms with Gasteiger partial charge < -0.3 is 9.13 Å². The van der Waals surface area contributed by atoms with E-state index in [-0.39, 0.29) is 11.6 Å². The Morgan fingerprint density at radius 1 is 1.25 bits per heavy atom. The highest BCUT2D eigenvalue weighted by atomic mass is 32.1. The Kier molecular flexibility index (Phi) is 3.28. The molecule has 5 heteroatoms. The molecule has 3 rings (SSSR count). The third kappa shape index (κ3) is 2.32. The fourth-order valence-corrected chi connectivity index (χ4v) is 3.17. The SMILES string of the molecule is CC(c1ccc(-c2ccc(=O)n(C)c2)s1)n1ccnc1. The Balaban J connectivity index is 1.93. The number of aromatic nitrogens is 3. The summed E-state index contributed by atoms with van der Waals surface area (Å²) in [6.45, 7) is 2.15. The smallest absolute Gasteiger partial charge is 0.250 e. The van der Waals surface area contributed by atoms with Crippen molar-refractivity contribution in [2.24, 2.45) is 7.05 Å². The molecular weight excluding hydrogens is 270 g/mol. The molecule has 0 spiro atoms. The van der Waals surface area contributed by atoms with Crippen molar-refractivity contribution in [2.45, 2.75) is 13.0 Å². The molecule has 1 atom stereocenters. The molecule has 0 saturated carbocycles. The first kappa shape index (κ1) is 12.9. The number of aryl methyl sites for hydroxylation is 1. The lowest BCUT2D eigenvalue weighted by Crippen LogP contribution is -2.13. The predicted octanol–water partition coefficient (Wildman–Crippen LogP) is 2.92. The third-order valence-electron chi connectivity index (χ3n) is 3.38. The molecule has 0 bridgehead atoms. The van der Waals surface area contributed by atoms with Gasteiger partial charge in [-0.2, -0.15) is 0 Å². The molecule has 0 aliphatic carbocycles. The van der Waals surface area contributed by atoms with Crippen molar-refractivity contribution in [3.63, 3.8) is 0 Å². The van der Waals surface area contributed by atoms with E-state index in [2.05, 4.69) is 28.6 Å². The van der Waals surface area contributed by atoms with E-state index in [1.165, 1.54) is 9.75 Å². The van der Waals surface area contributed by atoms with E-state index in [4.69, 9.17) is 0 Å². The second-order valence-electron chi connectivity index (χ2n) is 4.75. The van der Waals surface area contributed by atoms with Crippen molar-refractivity contribution in [1.29, 1.82) is 0 Å². The number of nitrogens with zero attached hydrogens (tertiary/aromatic N) is 3. The van der Waals surface area contributed by atoms with Gasteiger partial charge >= 0.3 is 0 Å². The minimum absolute atomic E-state index is 0.0114. The van der Waals surface area contributed by atoms with Crippen LogP contribution in [0.25, 0.3) is 10.4 Å². The molecule has 0 aliphatic rings. The second-order valence-corrected chi connectivity index (χ2v) is 5.87. The predicted molar refractivity (Wildman–Crippen MR) is 81.0 cm³/mol. The molecule has 3 aromatic rings. The van der Waals surface area contributed by atoms with E-state index in [0.29, 0.717) is 0 Å². The molecule has 0 amide bonds. The lowest BCUT2D eigenvalue weighted by Gasteiger charge is -2.10. The van der Waals surface area contributed by atoms with Gasteiger partial charge in [-0.1, -0.05) is 0 Å². The molecule has 0 fully saturated rings. The van der Waals surface area contributed by atoms with Crippen LogP contribution in [0.4, 0.5) is 0 Å². The first-order valence-corrected chi connectivity index (χ1v) is 7.21. The van der Waals surface area contributed by atoms with Crippen LogP contribution in [0.3, 0.4) is 0 Å². The average Bonchev–Trinajstić information content (AvgIpc) is 3.11. The summed E-state index contributed by atoms with van der Waals surface area (Å²) in [5, 5.41) is 0. The minimum Gasteiger partial charge on any atom is -0.329 e. The first-order chi connectivity index (χ1) is 9.65. The highest BCUT2D eigenvalue weighted by molar-refractivity contribution is 7.15. The van der Waals surface area contributed by atoms with Crippen LogP contribution >= 0.6 is 11.3 Å². The van der Waals surface area contributed by atoms with Gasteiger partial charge in [0.2, 0.25) is 5.56 Å². The van der Waals surface area contributed by atoms with Crippen molar-refractivity contribution in [2.75, 3.05) is 0 Å². The molecule has 102 valence electrons. The van der Waals surface area contributed by atoms with Crippen molar-refractivity contribution in [3.8, 4) is 10.4 Å². The van der Waals surface area contributed by atoms with E-state index in [1.807, 2.05) is 24.8 Å². The van der Waals surface area contributed by atoms with E-state index in [1.54, 1.807) is 35.2 Å². The summed E-state index contributed by atoms with van der Waals surface area (Å²) in [5.74, 6) is 0. The van der Waals surface area contributed by atoms with Crippen molar-refractivity contribution in [1.82, 2.24) is 14.1 Å². The zero-order chi connectivity index (χ0) is 14.1. The van der Waals surface area contributed by atoms with Crippen LogP contribution in [-0.4, -0.2) is 14.1 Å². The van der Waals surface area contributed by atoms with E-state index in [9.17, 15) is 4.79 Å². The molecular formula is C15H15N3OS. The standard InChI is InChI=1S/C15H15N3OS/c1-11(18-8-7-16-10-18)13-4-5-14(20-13)12-3-6-15(19)17(2)9-12/h3-11H,1-2H3. The van der Waals surface area contributed by atoms with Crippen molar-refractivity contribution in [3.05, 3.63) is 64.4 Å². The molecule has 20 heavy (non-hydrogen) atoms. The first-order valence-electron chi connectivity index (χ1n) is 6.39. The molecule has 3 aromatic heterocycles. The number of rotatable bonds is 3. The van der Waals surface area contributed by atoms with Gasteiger partial charge in [-0.3, -0.25) is 4.79 Å². The number of hydrogen-bond donors (Lipinski definition) is 0. The second kappa shape index (κ2) is 5.09. The summed E-state index contributed by atoms with van der Waals surface area (Å²) in [7, 11) is 1.77. The molecule has 3 heterocycles. The molecule has 1 unspecified atom stereocenters. The number of imidazole rings is 1. The lowest BCUT2D eigenvalue weighted by atomic mass is 10.2. The van der Waals surface area contributed by atoms with Crippen molar-refractivity contribution < 1.29 is 0 Å². The summed E-state index contributed by atoms with van der Waals surface area (Å²) in [4.78, 5) is 18.0. The molecule has 0 aromatic carbocycles. The fourth-order valence-electron chi connectivity index (χ4n) is 2.12. The van der Waals surface area contributed by atoms with E-state index >= 15 is 0 Å². The molecule has 0 saturated heterocycles. The van der Waals surface area contributed by atoms with Crippen LogP contribution in [0.15, 0.2) is 54.0 Å². The number of hydrogen-bond acceptors (Lipinski definition) is 3. The van der Waals surface area contributed by atoms with Gasteiger partial charge in [0.1, 0.15) is 0 Å². The maximum absolute atomic E-state index is 11.4. The van der Waals surface area contributed by atoms with Crippen LogP contribution in [0, 0.1) is 0 Å². The molecule has 4 nitrogen and oxygen atoms in total. The lowest BCUT2D eigenvalue weighted by molar-refractivity contribution is 0.649. The van der Waals surface area contributed by atoms with Gasteiger partial charge in [-0.25, -0.2) is 4.98 Å². The highest BCUT2D eigenvalue weighted by Gasteiger charge is 2.11. The average molecular weight is 285 g/mol. The Hall–Kier alpha value is -2.14. The van der Waals surface area contributed by atoms with E-state index in [0.717, 1.165) is 5.56 Å². The van der Waals surface area contributed by atoms with Crippen molar-refractivity contribution >= 4 is 11.3 Å².